The number of nitrogens with zero attached hydrogens (tertiary/aromatic N) is 1. The number of carbonyl (C=O) groups is 1. The van der Waals surface area contributed by atoms with E-state index in [9.17, 15) is 4.79 Å². The highest BCUT2D eigenvalue weighted by Gasteiger charge is 2.12. The molecule has 3 rings (SSSR count). The number of hydrogen-bond acceptors (Lipinski definition) is 4. The number of aromatic nitrogens is 1. The van der Waals surface area contributed by atoms with Crippen molar-refractivity contribution in [2.45, 2.75) is 24.1 Å². The molecule has 0 fully saturated rings. The van der Waals surface area contributed by atoms with Crippen LogP contribution in [0.4, 0.5) is 0 Å². The van der Waals surface area contributed by atoms with Gasteiger partial charge in [-0.05, 0) is 36.8 Å². The van der Waals surface area contributed by atoms with Gasteiger partial charge in [-0.25, -0.2) is 0 Å². The van der Waals surface area contributed by atoms with Crippen molar-refractivity contribution in [3.05, 3.63) is 82.2 Å². The molecule has 1 aromatic heterocycles. The van der Waals surface area contributed by atoms with E-state index in [-0.39, 0.29) is 5.91 Å². The van der Waals surface area contributed by atoms with Crippen LogP contribution < -0.4 is 5.32 Å². The SMILES string of the molecule is Cc1cc(CSc2ccccc2C(=O)NCc2cccc(Cl)c2)on1. The van der Waals surface area contributed by atoms with Crippen molar-refractivity contribution < 1.29 is 9.32 Å². The zero-order valence-corrected chi connectivity index (χ0v) is 15.2. The molecule has 0 saturated carbocycles. The van der Waals surface area contributed by atoms with Crippen molar-refractivity contribution in [3.63, 3.8) is 0 Å². The van der Waals surface area contributed by atoms with E-state index in [1.54, 1.807) is 11.8 Å². The molecule has 0 unspecified atom stereocenters. The molecule has 2 aromatic carbocycles. The van der Waals surface area contributed by atoms with Gasteiger partial charge in [-0.2, -0.15) is 0 Å². The topological polar surface area (TPSA) is 55.1 Å². The number of rotatable bonds is 6. The van der Waals surface area contributed by atoms with Gasteiger partial charge in [-0.15, -0.1) is 11.8 Å². The second kappa shape index (κ2) is 8.23. The first-order chi connectivity index (χ1) is 12.1. The van der Waals surface area contributed by atoms with E-state index in [1.807, 2.05) is 61.5 Å². The minimum atomic E-state index is -0.114. The van der Waals surface area contributed by atoms with Gasteiger partial charge in [0.05, 0.1) is 17.0 Å². The predicted molar refractivity (Wildman–Crippen MR) is 99.9 cm³/mol. The van der Waals surface area contributed by atoms with Crippen molar-refractivity contribution in [3.8, 4) is 0 Å². The Morgan fingerprint density at radius 3 is 2.80 bits per heavy atom. The summed E-state index contributed by atoms with van der Waals surface area (Å²) >= 11 is 7.52. The molecule has 25 heavy (non-hydrogen) atoms. The molecule has 128 valence electrons. The van der Waals surface area contributed by atoms with Crippen LogP contribution in [0.2, 0.25) is 5.02 Å². The molecule has 4 nitrogen and oxygen atoms in total. The van der Waals surface area contributed by atoms with Gasteiger partial charge in [0.2, 0.25) is 0 Å². The lowest BCUT2D eigenvalue weighted by Gasteiger charge is -2.09. The molecule has 3 aromatic rings. The summed E-state index contributed by atoms with van der Waals surface area (Å²) in [5, 5.41) is 7.47. The number of benzene rings is 2. The Balaban J connectivity index is 1.65. The fourth-order valence-corrected chi connectivity index (χ4v) is 3.48. The van der Waals surface area contributed by atoms with E-state index in [0.717, 1.165) is 21.9 Å². The smallest absolute Gasteiger partial charge is 0.252 e. The fraction of sp³-hybridized carbons (Fsp3) is 0.158. The highest BCUT2D eigenvalue weighted by atomic mass is 35.5. The maximum absolute atomic E-state index is 12.5. The van der Waals surface area contributed by atoms with Gasteiger partial charge in [0.25, 0.3) is 5.91 Å². The van der Waals surface area contributed by atoms with Crippen LogP contribution in [-0.4, -0.2) is 11.1 Å². The van der Waals surface area contributed by atoms with Gasteiger partial charge in [-0.3, -0.25) is 4.79 Å². The van der Waals surface area contributed by atoms with Gasteiger partial charge in [-0.1, -0.05) is 41.0 Å². The Kier molecular flexibility index (Phi) is 5.79. The molecule has 0 bridgehead atoms. The third-order valence-electron chi connectivity index (χ3n) is 3.52. The first-order valence-corrected chi connectivity index (χ1v) is 9.15. The molecule has 0 aliphatic carbocycles. The van der Waals surface area contributed by atoms with Crippen molar-refractivity contribution >= 4 is 29.3 Å². The molecule has 0 aliphatic rings. The van der Waals surface area contributed by atoms with Crippen molar-refractivity contribution in [1.29, 1.82) is 0 Å². The van der Waals surface area contributed by atoms with E-state index in [2.05, 4.69) is 10.5 Å². The molecule has 0 aliphatic heterocycles. The first-order valence-electron chi connectivity index (χ1n) is 7.78. The Morgan fingerprint density at radius 1 is 1.20 bits per heavy atom. The number of carbonyl (C=O) groups excluding carboxylic acids is 1. The van der Waals surface area contributed by atoms with Crippen molar-refractivity contribution in [1.82, 2.24) is 10.5 Å². The second-order valence-electron chi connectivity index (χ2n) is 5.53. The van der Waals surface area contributed by atoms with Gasteiger partial charge in [0, 0.05) is 22.5 Å². The van der Waals surface area contributed by atoms with Crippen LogP contribution >= 0.6 is 23.4 Å². The van der Waals surface area contributed by atoms with Crippen LogP contribution in [0.1, 0.15) is 27.4 Å². The lowest BCUT2D eigenvalue weighted by Crippen LogP contribution is -2.23. The van der Waals surface area contributed by atoms with Crippen LogP contribution in [-0.2, 0) is 12.3 Å². The molecular weight excluding hydrogens is 356 g/mol. The second-order valence-corrected chi connectivity index (χ2v) is 6.99. The van der Waals surface area contributed by atoms with E-state index in [0.29, 0.717) is 22.9 Å². The predicted octanol–water partition coefficient (Wildman–Crippen LogP) is 4.86. The van der Waals surface area contributed by atoms with E-state index in [1.165, 1.54) is 0 Å². The average Bonchev–Trinajstić information content (AvgIpc) is 3.03. The van der Waals surface area contributed by atoms with Crippen LogP contribution in [0.25, 0.3) is 0 Å². The Hall–Kier alpha value is -2.24. The summed E-state index contributed by atoms with van der Waals surface area (Å²) in [6.45, 7) is 2.31. The Labute approximate surface area is 155 Å². The first kappa shape index (κ1) is 17.6. The maximum Gasteiger partial charge on any atom is 0.252 e. The summed E-state index contributed by atoms with van der Waals surface area (Å²) in [5.41, 5.74) is 2.46. The number of halogens is 1. The number of hydrogen-bond donors (Lipinski definition) is 1. The number of amides is 1. The van der Waals surface area contributed by atoms with Crippen LogP contribution in [0.15, 0.2) is 64.0 Å². The molecule has 0 atom stereocenters. The van der Waals surface area contributed by atoms with Crippen LogP contribution in [0.5, 0.6) is 0 Å². The monoisotopic (exact) mass is 372 g/mol. The fourth-order valence-electron chi connectivity index (χ4n) is 2.34. The highest BCUT2D eigenvalue weighted by molar-refractivity contribution is 7.98. The molecular formula is C19H17ClN2O2S. The molecule has 6 heteroatoms. The minimum absolute atomic E-state index is 0.114. The number of aryl methyl sites for hydroxylation is 1. The molecule has 1 N–H and O–H groups in total. The Bertz CT molecular complexity index is 879. The van der Waals surface area contributed by atoms with E-state index < -0.39 is 0 Å². The highest BCUT2D eigenvalue weighted by Crippen LogP contribution is 2.26. The van der Waals surface area contributed by atoms with Gasteiger partial charge >= 0.3 is 0 Å². The van der Waals surface area contributed by atoms with Crippen LogP contribution in [0.3, 0.4) is 0 Å². The molecule has 0 radical (unpaired) electrons. The maximum atomic E-state index is 12.5. The summed E-state index contributed by atoms with van der Waals surface area (Å²) < 4.78 is 5.22. The van der Waals surface area contributed by atoms with Gasteiger partial charge in [0.15, 0.2) is 0 Å². The molecule has 1 amide bonds. The zero-order chi connectivity index (χ0) is 17.6. The lowest BCUT2D eigenvalue weighted by molar-refractivity contribution is 0.0948. The van der Waals surface area contributed by atoms with E-state index >= 15 is 0 Å². The quantitative estimate of drug-likeness (QED) is 0.628. The standard InChI is InChI=1S/C19H17ClN2O2S/c1-13-9-16(24-22-13)12-25-18-8-3-2-7-17(18)19(23)21-11-14-5-4-6-15(20)10-14/h2-10H,11-12H2,1H3,(H,21,23). The third-order valence-corrected chi connectivity index (χ3v) is 4.85. The summed E-state index contributed by atoms with van der Waals surface area (Å²) in [5.74, 6) is 1.30. The van der Waals surface area contributed by atoms with Crippen molar-refractivity contribution in [2.75, 3.05) is 0 Å². The number of thioether (sulfide) groups is 1. The van der Waals surface area contributed by atoms with Crippen molar-refractivity contribution in [2.24, 2.45) is 0 Å². The summed E-state index contributed by atoms with van der Waals surface area (Å²) in [7, 11) is 0. The van der Waals surface area contributed by atoms with Gasteiger partial charge < -0.3 is 9.84 Å². The van der Waals surface area contributed by atoms with E-state index in [4.69, 9.17) is 16.1 Å². The molecule has 1 heterocycles. The van der Waals surface area contributed by atoms with Crippen LogP contribution in [0, 0.1) is 6.92 Å². The summed E-state index contributed by atoms with van der Waals surface area (Å²) in [4.78, 5) is 13.4. The number of nitrogens with one attached hydrogen (secondary N) is 1. The zero-order valence-electron chi connectivity index (χ0n) is 13.7. The minimum Gasteiger partial charge on any atom is -0.360 e. The molecule has 0 saturated heterocycles. The lowest BCUT2D eigenvalue weighted by atomic mass is 10.2. The average molecular weight is 373 g/mol. The largest absolute Gasteiger partial charge is 0.360 e. The normalized spacial score (nSPS) is 10.6. The van der Waals surface area contributed by atoms with Gasteiger partial charge in [0.1, 0.15) is 5.76 Å². The summed E-state index contributed by atoms with van der Waals surface area (Å²) in [6.07, 6.45) is 0. The third kappa shape index (κ3) is 4.87. The Morgan fingerprint density at radius 2 is 2.04 bits per heavy atom. The molecule has 0 spiro atoms. The summed E-state index contributed by atoms with van der Waals surface area (Å²) in [6, 6.07) is 16.9.